The standard InChI is InChI=1S/C10H18O4Si/c1-3-5-10(11)13-6-4-9-15-14-8-7-12-2/h3,5H,4,6-9H2,1-2H3. The van der Waals surface area contributed by atoms with Crippen LogP contribution < -0.4 is 0 Å². The van der Waals surface area contributed by atoms with Gasteiger partial charge in [0.25, 0.3) is 0 Å². The summed E-state index contributed by atoms with van der Waals surface area (Å²) in [4.78, 5) is 10.9. The van der Waals surface area contributed by atoms with E-state index in [0.717, 1.165) is 12.5 Å². The molecule has 0 aliphatic carbocycles. The summed E-state index contributed by atoms with van der Waals surface area (Å²) in [5.41, 5.74) is 0. The second-order valence-corrected chi connectivity index (χ2v) is 3.83. The molecule has 0 heterocycles. The number of hydrogen-bond acceptors (Lipinski definition) is 4. The first-order chi connectivity index (χ1) is 7.31. The van der Waals surface area contributed by atoms with Crippen molar-refractivity contribution >= 4 is 15.7 Å². The average molecular weight is 230 g/mol. The Bertz CT molecular complexity index is 182. The lowest BCUT2D eigenvalue weighted by atomic mass is 10.5. The zero-order valence-electron chi connectivity index (χ0n) is 9.32. The Balaban J connectivity index is 3.08. The summed E-state index contributed by atoms with van der Waals surface area (Å²) in [6.45, 7) is 3.51. The number of carbonyl (C=O) groups is 1. The van der Waals surface area contributed by atoms with Gasteiger partial charge in [-0.2, -0.15) is 0 Å². The molecule has 0 bridgehead atoms. The maximum atomic E-state index is 10.9. The minimum atomic E-state index is -0.277. The van der Waals surface area contributed by atoms with Crippen LogP contribution in [0.25, 0.3) is 0 Å². The molecule has 5 heteroatoms. The fourth-order valence-corrected chi connectivity index (χ4v) is 1.43. The first kappa shape index (κ1) is 14.3. The van der Waals surface area contributed by atoms with Crippen molar-refractivity contribution in [1.82, 2.24) is 0 Å². The maximum Gasteiger partial charge on any atom is 0.330 e. The third-order valence-electron chi connectivity index (χ3n) is 1.46. The topological polar surface area (TPSA) is 44.8 Å². The Labute approximate surface area is 93.5 Å². The number of methoxy groups -OCH3 is 1. The summed E-state index contributed by atoms with van der Waals surface area (Å²) in [5.74, 6) is -0.277. The first-order valence-corrected chi connectivity index (χ1v) is 6.05. The van der Waals surface area contributed by atoms with Crippen molar-refractivity contribution in [1.29, 1.82) is 0 Å². The van der Waals surface area contributed by atoms with E-state index in [1.54, 1.807) is 20.1 Å². The highest BCUT2D eigenvalue weighted by Crippen LogP contribution is 1.92. The van der Waals surface area contributed by atoms with Gasteiger partial charge in [-0.1, -0.05) is 6.08 Å². The van der Waals surface area contributed by atoms with Crippen molar-refractivity contribution in [3.63, 3.8) is 0 Å². The molecular formula is C10H18O4Si. The summed E-state index contributed by atoms with van der Waals surface area (Å²) in [6, 6.07) is 0.923. The van der Waals surface area contributed by atoms with E-state index in [2.05, 4.69) is 0 Å². The van der Waals surface area contributed by atoms with Crippen molar-refractivity contribution in [3.8, 4) is 0 Å². The second kappa shape index (κ2) is 11.4. The van der Waals surface area contributed by atoms with Gasteiger partial charge in [0.2, 0.25) is 9.76 Å². The van der Waals surface area contributed by atoms with Crippen LogP contribution >= 0.6 is 0 Å². The van der Waals surface area contributed by atoms with Crippen LogP contribution in [0, 0.1) is 0 Å². The summed E-state index contributed by atoms with van der Waals surface area (Å²) in [5, 5.41) is 0. The van der Waals surface area contributed by atoms with Gasteiger partial charge in [-0.25, -0.2) is 4.79 Å². The average Bonchev–Trinajstić information content (AvgIpc) is 2.22. The molecule has 0 amide bonds. The summed E-state index contributed by atoms with van der Waals surface area (Å²) in [7, 11) is 2.10. The van der Waals surface area contributed by atoms with Crippen LogP contribution in [-0.4, -0.2) is 42.7 Å². The van der Waals surface area contributed by atoms with Crippen LogP contribution in [0.3, 0.4) is 0 Å². The summed E-state index contributed by atoms with van der Waals surface area (Å²) in [6.07, 6.45) is 3.92. The van der Waals surface area contributed by atoms with Crippen LogP contribution in [0.2, 0.25) is 6.04 Å². The highest BCUT2D eigenvalue weighted by atomic mass is 28.2. The quantitative estimate of drug-likeness (QED) is 0.258. The Morgan fingerprint density at radius 1 is 1.33 bits per heavy atom. The molecular weight excluding hydrogens is 212 g/mol. The van der Waals surface area contributed by atoms with Crippen LogP contribution in [0.15, 0.2) is 12.2 Å². The first-order valence-electron chi connectivity index (χ1n) is 4.94. The van der Waals surface area contributed by atoms with Gasteiger partial charge >= 0.3 is 5.97 Å². The van der Waals surface area contributed by atoms with E-state index in [4.69, 9.17) is 13.9 Å². The lowest BCUT2D eigenvalue weighted by Crippen LogP contribution is -2.07. The van der Waals surface area contributed by atoms with E-state index in [1.165, 1.54) is 6.08 Å². The van der Waals surface area contributed by atoms with Gasteiger partial charge < -0.3 is 13.9 Å². The molecule has 0 saturated heterocycles. The van der Waals surface area contributed by atoms with Crippen molar-refractivity contribution in [2.24, 2.45) is 0 Å². The van der Waals surface area contributed by atoms with E-state index in [-0.39, 0.29) is 5.97 Å². The molecule has 0 rings (SSSR count). The Morgan fingerprint density at radius 2 is 2.13 bits per heavy atom. The minimum absolute atomic E-state index is 0.277. The van der Waals surface area contributed by atoms with E-state index >= 15 is 0 Å². The van der Waals surface area contributed by atoms with Crippen LogP contribution in [0.5, 0.6) is 0 Å². The smallest absolute Gasteiger partial charge is 0.330 e. The molecule has 0 unspecified atom stereocenters. The molecule has 2 radical (unpaired) electrons. The largest absolute Gasteiger partial charge is 0.463 e. The van der Waals surface area contributed by atoms with Gasteiger partial charge in [-0.3, -0.25) is 0 Å². The number of hydrogen-bond donors (Lipinski definition) is 0. The molecule has 0 aromatic rings. The molecule has 86 valence electrons. The van der Waals surface area contributed by atoms with Crippen molar-refractivity contribution in [2.75, 3.05) is 26.9 Å². The number of ether oxygens (including phenoxy) is 2. The van der Waals surface area contributed by atoms with Gasteiger partial charge in [-0.15, -0.1) is 0 Å². The molecule has 0 aromatic heterocycles. The molecule has 0 spiro atoms. The third-order valence-corrected chi connectivity index (χ3v) is 2.43. The van der Waals surface area contributed by atoms with E-state index in [9.17, 15) is 4.79 Å². The molecule has 0 N–H and O–H groups in total. The van der Waals surface area contributed by atoms with Crippen LogP contribution in [-0.2, 0) is 18.7 Å². The van der Waals surface area contributed by atoms with Crippen LogP contribution in [0.1, 0.15) is 13.3 Å². The Hall–Kier alpha value is -0.653. The summed E-state index contributed by atoms with van der Waals surface area (Å²) < 4.78 is 15.0. The Morgan fingerprint density at radius 3 is 2.80 bits per heavy atom. The number of esters is 1. The van der Waals surface area contributed by atoms with E-state index in [0.29, 0.717) is 29.6 Å². The van der Waals surface area contributed by atoms with Gasteiger partial charge in [0.15, 0.2) is 0 Å². The van der Waals surface area contributed by atoms with Gasteiger partial charge in [0, 0.05) is 13.2 Å². The highest BCUT2D eigenvalue weighted by molar-refractivity contribution is 6.26. The lowest BCUT2D eigenvalue weighted by Gasteiger charge is -2.02. The zero-order chi connectivity index (χ0) is 11.4. The van der Waals surface area contributed by atoms with E-state index in [1.807, 2.05) is 0 Å². The monoisotopic (exact) mass is 230 g/mol. The number of carbonyl (C=O) groups excluding carboxylic acids is 1. The van der Waals surface area contributed by atoms with Crippen molar-refractivity contribution in [3.05, 3.63) is 12.2 Å². The molecule has 0 atom stereocenters. The molecule has 0 saturated carbocycles. The maximum absolute atomic E-state index is 10.9. The fourth-order valence-electron chi connectivity index (χ4n) is 0.771. The highest BCUT2D eigenvalue weighted by Gasteiger charge is 1.96. The van der Waals surface area contributed by atoms with Crippen molar-refractivity contribution in [2.45, 2.75) is 19.4 Å². The molecule has 0 fully saturated rings. The molecule has 0 aromatic carbocycles. The van der Waals surface area contributed by atoms with Gasteiger partial charge in [0.1, 0.15) is 0 Å². The molecule has 0 aliphatic rings. The predicted molar refractivity (Wildman–Crippen MR) is 58.8 cm³/mol. The third kappa shape index (κ3) is 11.3. The molecule has 0 aliphatic heterocycles. The normalized spacial score (nSPS) is 10.8. The van der Waals surface area contributed by atoms with Crippen LogP contribution in [0.4, 0.5) is 0 Å². The van der Waals surface area contributed by atoms with Gasteiger partial charge in [-0.05, 0) is 19.4 Å². The fraction of sp³-hybridized carbons (Fsp3) is 0.700. The summed E-state index contributed by atoms with van der Waals surface area (Å²) >= 11 is 0. The Kier molecular flexibility index (Phi) is 10.9. The SMILES string of the molecule is CC=CC(=O)OCCC[Si]OCCOC. The van der Waals surface area contributed by atoms with E-state index < -0.39 is 0 Å². The zero-order valence-corrected chi connectivity index (χ0v) is 10.3. The van der Waals surface area contributed by atoms with Crippen molar-refractivity contribution < 1.29 is 18.7 Å². The predicted octanol–water partition coefficient (Wildman–Crippen LogP) is 1.20. The molecule has 4 nitrogen and oxygen atoms in total. The number of allylic oxidation sites excluding steroid dienone is 1. The number of rotatable bonds is 9. The molecule has 15 heavy (non-hydrogen) atoms. The minimum Gasteiger partial charge on any atom is -0.463 e. The second-order valence-electron chi connectivity index (χ2n) is 2.76. The van der Waals surface area contributed by atoms with Gasteiger partial charge in [0.05, 0.1) is 19.8 Å². The lowest BCUT2D eigenvalue weighted by molar-refractivity contribution is -0.137.